The molecule has 2 rings (SSSR count). The van der Waals surface area contributed by atoms with Gasteiger partial charge in [-0.3, -0.25) is 0 Å². The van der Waals surface area contributed by atoms with Crippen LogP contribution < -0.4 is 4.90 Å². The molecule has 1 aromatic carbocycles. The number of alkyl halides is 4. The lowest BCUT2D eigenvalue weighted by Crippen LogP contribution is -2.36. The highest BCUT2D eigenvalue weighted by Gasteiger charge is 2.32. The van der Waals surface area contributed by atoms with Gasteiger partial charge < -0.3 is 4.90 Å². The van der Waals surface area contributed by atoms with Crippen molar-refractivity contribution in [3.8, 4) is 0 Å². The van der Waals surface area contributed by atoms with Crippen LogP contribution in [0, 0.1) is 11.7 Å². The topological polar surface area (TPSA) is 3.24 Å². The molecule has 0 saturated carbocycles. The van der Waals surface area contributed by atoms with Gasteiger partial charge in [-0.05, 0) is 37.0 Å². The van der Waals surface area contributed by atoms with Crippen molar-refractivity contribution in [1.29, 1.82) is 0 Å². The molecule has 1 aliphatic rings. The van der Waals surface area contributed by atoms with Gasteiger partial charge in [-0.2, -0.15) is 13.2 Å². The van der Waals surface area contributed by atoms with Gasteiger partial charge in [0.05, 0.1) is 11.3 Å². The largest absolute Gasteiger partial charge is 0.416 e. The van der Waals surface area contributed by atoms with E-state index in [0.717, 1.165) is 18.9 Å². The van der Waals surface area contributed by atoms with E-state index in [1.165, 1.54) is 6.07 Å². The van der Waals surface area contributed by atoms with Crippen LogP contribution in [0.25, 0.3) is 0 Å². The quantitative estimate of drug-likeness (QED) is 0.581. The molecule has 0 aromatic heterocycles. The maximum atomic E-state index is 13.8. The Morgan fingerprint density at radius 2 is 2.05 bits per heavy atom. The van der Waals surface area contributed by atoms with E-state index < -0.39 is 17.6 Å². The van der Waals surface area contributed by atoms with E-state index in [1.807, 2.05) is 0 Å². The summed E-state index contributed by atoms with van der Waals surface area (Å²) in [5.74, 6) is -0.0826. The lowest BCUT2D eigenvalue weighted by Gasteiger charge is -2.33. The molecule has 0 bridgehead atoms. The Balaban J connectivity index is 2.21. The summed E-state index contributed by atoms with van der Waals surface area (Å²) in [5, 5.41) is 0. The fourth-order valence-corrected chi connectivity index (χ4v) is 2.60. The van der Waals surface area contributed by atoms with Gasteiger partial charge in [0.25, 0.3) is 0 Å². The molecule has 1 nitrogen and oxygen atoms in total. The van der Waals surface area contributed by atoms with E-state index in [4.69, 9.17) is 11.6 Å². The minimum absolute atomic E-state index is 0.225. The van der Waals surface area contributed by atoms with Crippen molar-refractivity contribution in [1.82, 2.24) is 0 Å². The van der Waals surface area contributed by atoms with Crippen LogP contribution in [0.3, 0.4) is 0 Å². The summed E-state index contributed by atoms with van der Waals surface area (Å²) in [5.41, 5.74) is -0.734. The molecule has 106 valence electrons. The maximum absolute atomic E-state index is 13.8. The highest BCUT2D eigenvalue weighted by molar-refractivity contribution is 6.18. The molecule has 1 aromatic rings. The van der Waals surface area contributed by atoms with Crippen LogP contribution in [-0.4, -0.2) is 19.0 Å². The number of benzene rings is 1. The Morgan fingerprint density at radius 3 is 2.63 bits per heavy atom. The van der Waals surface area contributed by atoms with Gasteiger partial charge in [-0.1, -0.05) is 0 Å². The van der Waals surface area contributed by atoms with E-state index in [9.17, 15) is 17.6 Å². The van der Waals surface area contributed by atoms with Crippen molar-refractivity contribution in [2.45, 2.75) is 19.0 Å². The number of anilines is 1. The van der Waals surface area contributed by atoms with Crippen LogP contribution in [0.2, 0.25) is 0 Å². The second kappa shape index (κ2) is 5.57. The van der Waals surface area contributed by atoms with Crippen LogP contribution >= 0.6 is 11.6 Å². The summed E-state index contributed by atoms with van der Waals surface area (Å²) in [4.78, 5) is 1.77. The molecule has 1 heterocycles. The standard InChI is InChI=1S/C13H14ClF4N/c14-7-9-2-1-5-19(8-9)12-4-3-10(6-11(12)15)13(16,17)18/h3-4,6,9H,1-2,5,7-8H2. The first kappa shape index (κ1) is 14.4. The Bertz CT molecular complexity index is 447. The third-order valence-corrected chi connectivity index (χ3v) is 3.79. The number of hydrogen-bond acceptors (Lipinski definition) is 1. The smallest absolute Gasteiger partial charge is 0.369 e. The van der Waals surface area contributed by atoms with Gasteiger partial charge in [-0.25, -0.2) is 4.39 Å². The number of nitrogens with zero attached hydrogens (tertiary/aromatic N) is 1. The average molecular weight is 296 g/mol. The predicted molar refractivity (Wildman–Crippen MR) is 67.1 cm³/mol. The number of piperidine rings is 1. The average Bonchev–Trinajstić information content (AvgIpc) is 2.37. The van der Waals surface area contributed by atoms with E-state index >= 15 is 0 Å². The zero-order valence-electron chi connectivity index (χ0n) is 10.2. The zero-order chi connectivity index (χ0) is 14.0. The van der Waals surface area contributed by atoms with Gasteiger partial charge in [0, 0.05) is 19.0 Å². The number of hydrogen-bond donors (Lipinski definition) is 0. The number of halogens is 5. The molecular weight excluding hydrogens is 282 g/mol. The van der Waals surface area contributed by atoms with E-state index in [0.29, 0.717) is 25.0 Å². The molecule has 1 atom stereocenters. The van der Waals surface area contributed by atoms with Crippen molar-refractivity contribution in [3.63, 3.8) is 0 Å². The normalized spacial score (nSPS) is 20.7. The van der Waals surface area contributed by atoms with Gasteiger partial charge in [0.1, 0.15) is 5.82 Å². The van der Waals surface area contributed by atoms with Crippen molar-refractivity contribution >= 4 is 17.3 Å². The van der Waals surface area contributed by atoms with Crippen LogP contribution in [0.1, 0.15) is 18.4 Å². The summed E-state index contributed by atoms with van der Waals surface area (Å²) >= 11 is 5.79. The Labute approximate surface area is 114 Å². The van der Waals surface area contributed by atoms with Crippen molar-refractivity contribution in [2.75, 3.05) is 23.9 Å². The lowest BCUT2D eigenvalue weighted by atomic mass is 9.99. The minimum atomic E-state index is -4.51. The first-order valence-electron chi connectivity index (χ1n) is 6.09. The van der Waals surface area contributed by atoms with Crippen LogP contribution in [0.5, 0.6) is 0 Å². The highest BCUT2D eigenvalue weighted by atomic mass is 35.5. The molecule has 0 N–H and O–H groups in total. The molecule has 6 heteroatoms. The minimum Gasteiger partial charge on any atom is -0.369 e. The third kappa shape index (κ3) is 3.32. The molecule has 0 radical (unpaired) electrons. The number of rotatable bonds is 2. The molecule has 1 fully saturated rings. The van der Waals surface area contributed by atoms with Gasteiger partial charge >= 0.3 is 6.18 Å². The van der Waals surface area contributed by atoms with Gasteiger partial charge in [0.15, 0.2) is 0 Å². The molecule has 1 aliphatic heterocycles. The van der Waals surface area contributed by atoms with Crippen molar-refractivity contribution in [3.05, 3.63) is 29.6 Å². The van der Waals surface area contributed by atoms with Gasteiger partial charge in [0.2, 0.25) is 0 Å². The summed E-state index contributed by atoms with van der Waals surface area (Å²) in [6, 6.07) is 2.68. The highest BCUT2D eigenvalue weighted by Crippen LogP contribution is 2.33. The fraction of sp³-hybridized carbons (Fsp3) is 0.538. The molecule has 1 saturated heterocycles. The molecule has 19 heavy (non-hydrogen) atoms. The SMILES string of the molecule is Fc1cc(C(F)(F)F)ccc1N1CCCC(CCl)C1. The summed E-state index contributed by atoms with van der Waals surface area (Å²) in [7, 11) is 0. The monoisotopic (exact) mass is 295 g/mol. The fourth-order valence-electron chi connectivity index (χ4n) is 2.35. The second-order valence-corrected chi connectivity index (χ2v) is 5.08. The zero-order valence-corrected chi connectivity index (χ0v) is 10.9. The molecule has 1 unspecified atom stereocenters. The van der Waals surface area contributed by atoms with Crippen LogP contribution in [-0.2, 0) is 6.18 Å². The Morgan fingerprint density at radius 1 is 1.32 bits per heavy atom. The molecule has 0 aliphatic carbocycles. The first-order chi connectivity index (χ1) is 8.91. The Kier molecular flexibility index (Phi) is 4.23. The third-order valence-electron chi connectivity index (χ3n) is 3.35. The Hall–Kier alpha value is -0.970. The van der Waals surface area contributed by atoms with Crippen molar-refractivity contribution < 1.29 is 17.6 Å². The summed E-state index contributed by atoms with van der Waals surface area (Å²) in [6.07, 6.45) is -2.67. The first-order valence-corrected chi connectivity index (χ1v) is 6.63. The van der Waals surface area contributed by atoms with Gasteiger partial charge in [-0.15, -0.1) is 11.6 Å². The maximum Gasteiger partial charge on any atom is 0.416 e. The molecular formula is C13H14ClF4N. The van der Waals surface area contributed by atoms with Crippen LogP contribution in [0.15, 0.2) is 18.2 Å². The summed E-state index contributed by atoms with van der Waals surface area (Å²) < 4.78 is 51.2. The molecule has 0 spiro atoms. The predicted octanol–water partition coefficient (Wildman–Crippen LogP) is 4.30. The van der Waals surface area contributed by atoms with Crippen LogP contribution in [0.4, 0.5) is 23.2 Å². The van der Waals surface area contributed by atoms with Crippen molar-refractivity contribution in [2.24, 2.45) is 5.92 Å². The second-order valence-electron chi connectivity index (χ2n) is 4.77. The van der Waals surface area contributed by atoms with E-state index in [-0.39, 0.29) is 11.6 Å². The molecule has 0 amide bonds. The lowest BCUT2D eigenvalue weighted by molar-refractivity contribution is -0.137. The van der Waals surface area contributed by atoms with E-state index in [2.05, 4.69) is 0 Å². The summed E-state index contributed by atoms with van der Waals surface area (Å²) in [6.45, 7) is 1.24. The van der Waals surface area contributed by atoms with E-state index in [1.54, 1.807) is 4.90 Å².